The molecule has 1 N–H and O–H groups in total. The number of nitrogens with zero attached hydrogens (tertiary/aromatic N) is 4. The molecule has 0 aliphatic carbocycles. The van der Waals surface area contributed by atoms with Gasteiger partial charge in [0.25, 0.3) is 5.56 Å². The first kappa shape index (κ1) is 19.9. The molecule has 4 rings (SSSR count). The molecule has 7 nitrogen and oxygen atoms in total. The molecule has 0 aliphatic rings. The van der Waals surface area contributed by atoms with Gasteiger partial charge in [0.2, 0.25) is 5.91 Å². The fraction of sp³-hybridized carbons (Fsp3) is 0.227. The van der Waals surface area contributed by atoms with Crippen molar-refractivity contribution in [3.05, 3.63) is 76.0 Å². The zero-order valence-corrected chi connectivity index (χ0v) is 17.5. The Kier molecular flexibility index (Phi) is 5.67. The average Bonchev–Trinajstić information content (AvgIpc) is 3.21. The first-order chi connectivity index (χ1) is 14.5. The minimum atomic E-state index is -0.202. The molecule has 8 heteroatoms. The first-order valence-electron chi connectivity index (χ1n) is 9.63. The monoisotopic (exact) mass is 419 g/mol. The Morgan fingerprint density at radius 3 is 2.77 bits per heavy atom. The van der Waals surface area contributed by atoms with E-state index in [4.69, 9.17) is 0 Å². The van der Waals surface area contributed by atoms with Crippen LogP contribution in [0.3, 0.4) is 0 Å². The van der Waals surface area contributed by atoms with E-state index in [1.807, 2.05) is 37.4 Å². The van der Waals surface area contributed by atoms with Crippen LogP contribution in [0.2, 0.25) is 0 Å². The van der Waals surface area contributed by atoms with Gasteiger partial charge < -0.3 is 9.88 Å². The summed E-state index contributed by atoms with van der Waals surface area (Å²) in [6, 6.07) is 10.9. The number of pyridine rings is 1. The second kappa shape index (κ2) is 8.54. The van der Waals surface area contributed by atoms with E-state index in [1.165, 1.54) is 11.3 Å². The average molecular weight is 420 g/mol. The molecule has 0 spiro atoms. The molecule has 3 heterocycles. The molecular formula is C22H21N5O2S. The van der Waals surface area contributed by atoms with Crippen LogP contribution in [0.15, 0.2) is 59.0 Å². The molecule has 0 fully saturated rings. The zero-order valence-electron chi connectivity index (χ0n) is 16.7. The molecule has 30 heavy (non-hydrogen) atoms. The molecular weight excluding hydrogens is 398 g/mol. The number of aromatic nitrogens is 4. The van der Waals surface area contributed by atoms with Crippen LogP contribution >= 0.6 is 11.3 Å². The zero-order chi connectivity index (χ0) is 21.1. The van der Waals surface area contributed by atoms with Crippen LogP contribution < -0.4 is 5.56 Å². The van der Waals surface area contributed by atoms with Gasteiger partial charge in [0, 0.05) is 29.4 Å². The van der Waals surface area contributed by atoms with Gasteiger partial charge in [-0.2, -0.15) is 0 Å². The van der Waals surface area contributed by atoms with Crippen LogP contribution in [0.4, 0.5) is 0 Å². The maximum absolute atomic E-state index is 13.0. The lowest BCUT2D eigenvalue weighted by molar-refractivity contribution is -0.133. The van der Waals surface area contributed by atoms with Crippen molar-refractivity contribution < 1.29 is 4.79 Å². The number of benzene rings is 1. The van der Waals surface area contributed by atoms with Crippen LogP contribution in [0.1, 0.15) is 25.4 Å². The quantitative estimate of drug-likeness (QED) is 0.517. The number of nitrogens with one attached hydrogen (secondary N) is 1. The van der Waals surface area contributed by atoms with Crippen molar-refractivity contribution in [2.75, 3.05) is 0 Å². The Morgan fingerprint density at radius 2 is 2.00 bits per heavy atom. The van der Waals surface area contributed by atoms with E-state index in [0.29, 0.717) is 16.7 Å². The van der Waals surface area contributed by atoms with Gasteiger partial charge in [-0.25, -0.2) is 9.97 Å². The van der Waals surface area contributed by atoms with Crippen LogP contribution in [-0.4, -0.2) is 36.8 Å². The second-order valence-electron chi connectivity index (χ2n) is 7.21. The van der Waals surface area contributed by atoms with Gasteiger partial charge in [-0.3, -0.25) is 14.6 Å². The first-order valence-corrected chi connectivity index (χ1v) is 10.5. The maximum atomic E-state index is 13.0. The number of hydrogen-bond acceptors (Lipinski definition) is 6. The van der Waals surface area contributed by atoms with Crippen LogP contribution in [0.5, 0.6) is 0 Å². The van der Waals surface area contributed by atoms with E-state index in [0.717, 1.165) is 16.3 Å². The third kappa shape index (κ3) is 4.28. The summed E-state index contributed by atoms with van der Waals surface area (Å²) in [7, 11) is 0. The third-order valence-electron chi connectivity index (χ3n) is 4.72. The highest BCUT2D eigenvalue weighted by Gasteiger charge is 2.20. The third-order valence-corrected chi connectivity index (χ3v) is 5.66. The van der Waals surface area contributed by atoms with Gasteiger partial charge in [-0.1, -0.05) is 12.1 Å². The highest BCUT2D eigenvalue weighted by Crippen LogP contribution is 2.23. The van der Waals surface area contributed by atoms with Crippen molar-refractivity contribution in [2.24, 2.45) is 0 Å². The van der Waals surface area contributed by atoms with Gasteiger partial charge in [0.1, 0.15) is 10.8 Å². The van der Waals surface area contributed by atoms with Crippen molar-refractivity contribution in [2.45, 2.75) is 32.9 Å². The topological polar surface area (TPSA) is 91.8 Å². The highest BCUT2D eigenvalue weighted by molar-refractivity contribution is 7.13. The molecule has 1 aromatic carbocycles. The molecule has 0 saturated heterocycles. The molecule has 0 aliphatic heterocycles. The molecule has 4 aromatic rings. The SMILES string of the molecule is CC(C)N(Cc1nc2ccccc2c(=O)[nH]1)C(=O)Cc1csc(-c2cccnc2)n1. The van der Waals surface area contributed by atoms with Gasteiger partial charge in [-0.05, 0) is 38.1 Å². The minimum absolute atomic E-state index is 0.0503. The van der Waals surface area contributed by atoms with Gasteiger partial charge in [0.05, 0.1) is 29.6 Å². The summed E-state index contributed by atoms with van der Waals surface area (Å²) < 4.78 is 0. The van der Waals surface area contributed by atoms with E-state index in [-0.39, 0.29) is 30.5 Å². The predicted molar refractivity (Wildman–Crippen MR) is 117 cm³/mol. The number of aromatic amines is 1. The smallest absolute Gasteiger partial charge is 0.258 e. The number of H-pyrrole nitrogens is 1. The predicted octanol–water partition coefficient (Wildman–Crippen LogP) is 3.42. The Labute approximate surface area is 177 Å². The number of fused-ring (bicyclic) bond motifs is 1. The number of hydrogen-bond donors (Lipinski definition) is 1. The number of carbonyl (C=O) groups excluding carboxylic acids is 1. The van der Waals surface area contributed by atoms with E-state index in [1.54, 1.807) is 35.5 Å². The largest absolute Gasteiger partial charge is 0.332 e. The summed E-state index contributed by atoms with van der Waals surface area (Å²) >= 11 is 1.49. The molecule has 0 bridgehead atoms. The van der Waals surface area contributed by atoms with Crippen LogP contribution in [0, 0.1) is 0 Å². The van der Waals surface area contributed by atoms with Crippen molar-refractivity contribution in [3.63, 3.8) is 0 Å². The molecule has 0 unspecified atom stereocenters. The summed E-state index contributed by atoms with van der Waals surface area (Å²) in [4.78, 5) is 43.1. The summed E-state index contributed by atoms with van der Waals surface area (Å²) in [5.41, 5.74) is 2.06. The van der Waals surface area contributed by atoms with E-state index in [2.05, 4.69) is 19.9 Å². The minimum Gasteiger partial charge on any atom is -0.332 e. The Bertz CT molecular complexity index is 1230. The van der Waals surface area contributed by atoms with Gasteiger partial charge in [-0.15, -0.1) is 11.3 Å². The molecule has 152 valence electrons. The lowest BCUT2D eigenvalue weighted by Crippen LogP contribution is -2.38. The molecule has 0 saturated carbocycles. The van der Waals surface area contributed by atoms with E-state index in [9.17, 15) is 9.59 Å². The summed E-state index contributed by atoms with van der Waals surface area (Å²) in [5.74, 6) is 0.402. The molecule has 3 aromatic heterocycles. The number of thiazole rings is 1. The van der Waals surface area contributed by atoms with E-state index >= 15 is 0 Å². The standard InChI is InChI=1S/C22H21N5O2S/c1-14(2)27(12-19-25-18-8-4-3-7-17(18)21(29)26-19)20(28)10-16-13-30-22(24-16)15-6-5-9-23-11-15/h3-9,11,13-14H,10,12H2,1-2H3,(H,25,26,29). The Balaban J connectivity index is 1.53. The van der Waals surface area contributed by atoms with E-state index < -0.39 is 0 Å². The van der Waals surface area contributed by atoms with Crippen molar-refractivity contribution in [1.29, 1.82) is 0 Å². The second-order valence-corrected chi connectivity index (χ2v) is 8.07. The normalized spacial score (nSPS) is 11.2. The van der Waals surface area contributed by atoms with Crippen molar-refractivity contribution in [3.8, 4) is 10.6 Å². The van der Waals surface area contributed by atoms with Crippen LogP contribution in [0.25, 0.3) is 21.5 Å². The number of para-hydroxylation sites is 1. The highest BCUT2D eigenvalue weighted by atomic mass is 32.1. The number of amides is 1. The maximum Gasteiger partial charge on any atom is 0.258 e. The fourth-order valence-corrected chi connectivity index (χ4v) is 4.01. The summed E-state index contributed by atoms with van der Waals surface area (Å²) in [6.07, 6.45) is 3.66. The number of carbonyl (C=O) groups is 1. The van der Waals surface area contributed by atoms with Crippen molar-refractivity contribution in [1.82, 2.24) is 24.8 Å². The Hall–Kier alpha value is -3.39. The summed E-state index contributed by atoms with van der Waals surface area (Å²) in [6.45, 7) is 4.12. The molecule has 1 amide bonds. The molecule has 0 radical (unpaired) electrons. The van der Waals surface area contributed by atoms with Gasteiger partial charge in [0.15, 0.2) is 0 Å². The van der Waals surface area contributed by atoms with Crippen LogP contribution in [-0.2, 0) is 17.8 Å². The Morgan fingerprint density at radius 1 is 1.17 bits per heavy atom. The fourth-order valence-electron chi connectivity index (χ4n) is 3.20. The number of rotatable bonds is 6. The van der Waals surface area contributed by atoms with Gasteiger partial charge >= 0.3 is 0 Å². The summed E-state index contributed by atoms with van der Waals surface area (Å²) in [5, 5.41) is 3.27. The molecule has 0 atom stereocenters. The lowest BCUT2D eigenvalue weighted by atomic mass is 10.2. The van der Waals surface area contributed by atoms with Crippen molar-refractivity contribution >= 4 is 28.1 Å². The lowest BCUT2D eigenvalue weighted by Gasteiger charge is -2.26.